The zero-order valence-corrected chi connectivity index (χ0v) is 12.4. The molecule has 0 unspecified atom stereocenters. The minimum Gasteiger partial charge on any atom is -0.392 e. The quantitative estimate of drug-likeness (QED) is 0.767. The van der Waals surface area contributed by atoms with Crippen molar-refractivity contribution in [2.45, 2.75) is 25.9 Å². The molecule has 0 aliphatic carbocycles. The summed E-state index contributed by atoms with van der Waals surface area (Å²) in [5, 5.41) is 15.2. The lowest BCUT2D eigenvalue weighted by atomic mass is 9.97. The van der Waals surface area contributed by atoms with Crippen molar-refractivity contribution >= 4 is 18.3 Å². The Morgan fingerprint density at radius 3 is 2.40 bits per heavy atom. The number of hydrogen-bond donors (Lipinski definition) is 3. The van der Waals surface area contributed by atoms with Gasteiger partial charge in [-0.1, -0.05) is 24.3 Å². The summed E-state index contributed by atoms with van der Waals surface area (Å²) in [4.78, 5) is 11.9. The van der Waals surface area contributed by atoms with Crippen LogP contribution in [0.25, 0.3) is 0 Å². The number of amides is 1. The molecule has 112 valence electrons. The van der Waals surface area contributed by atoms with Crippen molar-refractivity contribution in [2.24, 2.45) is 5.92 Å². The highest BCUT2D eigenvalue weighted by Crippen LogP contribution is 2.11. The number of aliphatic hydroxyl groups is 1. The maximum atomic E-state index is 11.9. The molecule has 0 saturated carbocycles. The van der Waals surface area contributed by atoms with E-state index in [4.69, 9.17) is 5.11 Å². The Hall–Kier alpha value is -1.10. The van der Waals surface area contributed by atoms with Gasteiger partial charge in [0.05, 0.1) is 6.61 Å². The fraction of sp³-hybridized carbons (Fsp3) is 0.533. The molecule has 1 saturated heterocycles. The second-order valence-corrected chi connectivity index (χ2v) is 5.04. The average molecular weight is 299 g/mol. The standard InChI is InChI=1S/C15H22N2O2.ClH/c18-11-13-3-1-12(2-4-13)5-10-17-15(19)14-6-8-16-9-7-14;/h1-4,14,16,18H,5-11H2,(H,17,19);1H. The third-order valence-electron chi connectivity index (χ3n) is 3.63. The van der Waals surface area contributed by atoms with Crippen molar-refractivity contribution in [3.8, 4) is 0 Å². The number of benzene rings is 1. The molecule has 5 heteroatoms. The van der Waals surface area contributed by atoms with E-state index >= 15 is 0 Å². The molecule has 0 radical (unpaired) electrons. The van der Waals surface area contributed by atoms with Gasteiger partial charge in [0.1, 0.15) is 0 Å². The van der Waals surface area contributed by atoms with Crippen LogP contribution in [0.15, 0.2) is 24.3 Å². The predicted molar refractivity (Wildman–Crippen MR) is 81.9 cm³/mol. The second-order valence-electron chi connectivity index (χ2n) is 5.04. The summed E-state index contributed by atoms with van der Waals surface area (Å²) < 4.78 is 0. The summed E-state index contributed by atoms with van der Waals surface area (Å²) in [6.45, 7) is 2.65. The first-order chi connectivity index (χ1) is 9.29. The summed E-state index contributed by atoms with van der Waals surface area (Å²) in [5.74, 6) is 0.367. The van der Waals surface area contributed by atoms with Gasteiger partial charge in [0.15, 0.2) is 0 Å². The molecule has 1 aromatic carbocycles. The summed E-state index contributed by atoms with van der Waals surface area (Å²) in [6.07, 6.45) is 2.72. The van der Waals surface area contributed by atoms with Gasteiger partial charge in [-0.3, -0.25) is 4.79 Å². The van der Waals surface area contributed by atoms with Gasteiger partial charge in [0, 0.05) is 12.5 Å². The fourth-order valence-electron chi connectivity index (χ4n) is 2.37. The molecule has 1 amide bonds. The first-order valence-corrected chi connectivity index (χ1v) is 6.96. The highest BCUT2D eigenvalue weighted by atomic mass is 35.5. The van der Waals surface area contributed by atoms with Crippen molar-refractivity contribution in [3.05, 3.63) is 35.4 Å². The topological polar surface area (TPSA) is 61.4 Å². The normalized spacial score (nSPS) is 15.4. The molecular formula is C15H23ClN2O2. The molecule has 0 atom stereocenters. The largest absolute Gasteiger partial charge is 0.392 e. The van der Waals surface area contributed by atoms with Crippen LogP contribution in [0.4, 0.5) is 0 Å². The molecule has 3 N–H and O–H groups in total. The van der Waals surface area contributed by atoms with Crippen LogP contribution >= 0.6 is 12.4 Å². The Morgan fingerprint density at radius 1 is 1.20 bits per heavy atom. The number of carbonyl (C=O) groups is 1. The summed E-state index contributed by atoms with van der Waals surface area (Å²) >= 11 is 0. The van der Waals surface area contributed by atoms with Crippen LogP contribution < -0.4 is 10.6 Å². The minimum absolute atomic E-state index is 0. The predicted octanol–water partition coefficient (Wildman–Crippen LogP) is 1.26. The molecule has 20 heavy (non-hydrogen) atoms. The van der Waals surface area contributed by atoms with Crippen molar-refractivity contribution in [3.63, 3.8) is 0 Å². The first kappa shape index (κ1) is 17.0. The number of rotatable bonds is 5. The van der Waals surface area contributed by atoms with E-state index in [1.54, 1.807) is 0 Å². The Bertz CT molecular complexity index is 403. The van der Waals surface area contributed by atoms with Crippen molar-refractivity contribution in [1.82, 2.24) is 10.6 Å². The average Bonchev–Trinajstić information content (AvgIpc) is 2.49. The van der Waals surface area contributed by atoms with Gasteiger partial charge in [-0.2, -0.15) is 0 Å². The molecule has 0 spiro atoms. The number of piperidine rings is 1. The van der Waals surface area contributed by atoms with E-state index in [1.807, 2.05) is 24.3 Å². The van der Waals surface area contributed by atoms with E-state index in [0.717, 1.165) is 37.9 Å². The highest BCUT2D eigenvalue weighted by Gasteiger charge is 2.19. The fourth-order valence-corrected chi connectivity index (χ4v) is 2.37. The van der Waals surface area contributed by atoms with Gasteiger partial charge in [-0.15, -0.1) is 12.4 Å². The summed E-state index contributed by atoms with van der Waals surface area (Å²) in [7, 11) is 0. The Labute approximate surface area is 126 Å². The second kappa shape index (κ2) is 8.95. The smallest absolute Gasteiger partial charge is 0.223 e. The molecule has 1 heterocycles. The van der Waals surface area contributed by atoms with Gasteiger partial charge in [0.2, 0.25) is 5.91 Å². The minimum atomic E-state index is 0. The van der Waals surface area contributed by atoms with Gasteiger partial charge in [-0.25, -0.2) is 0 Å². The van der Waals surface area contributed by atoms with Crippen LogP contribution in [0.5, 0.6) is 0 Å². The Morgan fingerprint density at radius 2 is 1.80 bits per heavy atom. The van der Waals surface area contributed by atoms with Crippen molar-refractivity contribution in [2.75, 3.05) is 19.6 Å². The highest BCUT2D eigenvalue weighted by molar-refractivity contribution is 5.85. The molecular weight excluding hydrogens is 276 g/mol. The molecule has 1 aliphatic heterocycles. The maximum Gasteiger partial charge on any atom is 0.223 e. The van der Waals surface area contributed by atoms with Crippen molar-refractivity contribution in [1.29, 1.82) is 0 Å². The van der Waals surface area contributed by atoms with E-state index in [2.05, 4.69) is 10.6 Å². The maximum absolute atomic E-state index is 11.9. The van der Waals surface area contributed by atoms with Gasteiger partial charge in [0.25, 0.3) is 0 Å². The zero-order valence-electron chi connectivity index (χ0n) is 11.6. The van der Waals surface area contributed by atoms with Crippen LogP contribution in [0.2, 0.25) is 0 Å². The Balaban J connectivity index is 0.00000200. The van der Waals surface area contributed by atoms with Crippen LogP contribution in [0.1, 0.15) is 24.0 Å². The summed E-state index contributed by atoms with van der Waals surface area (Å²) in [5.41, 5.74) is 2.10. The van der Waals surface area contributed by atoms with E-state index in [-0.39, 0.29) is 30.8 Å². The third-order valence-corrected chi connectivity index (χ3v) is 3.63. The number of halogens is 1. The van der Waals surface area contributed by atoms with Crippen LogP contribution in [0, 0.1) is 5.92 Å². The Kier molecular flexibility index (Phi) is 7.59. The molecule has 1 aromatic rings. The third kappa shape index (κ3) is 5.12. The van der Waals surface area contributed by atoms with E-state index in [9.17, 15) is 4.79 Å². The molecule has 0 bridgehead atoms. The molecule has 1 fully saturated rings. The lowest BCUT2D eigenvalue weighted by Crippen LogP contribution is -2.38. The molecule has 1 aliphatic rings. The monoisotopic (exact) mass is 298 g/mol. The van der Waals surface area contributed by atoms with Crippen LogP contribution in [-0.2, 0) is 17.8 Å². The SMILES string of the molecule is Cl.O=C(NCCc1ccc(CO)cc1)C1CCNCC1. The van der Waals surface area contributed by atoms with Gasteiger partial charge in [-0.05, 0) is 43.5 Å². The lowest BCUT2D eigenvalue weighted by Gasteiger charge is -2.21. The van der Waals surface area contributed by atoms with E-state index < -0.39 is 0 Å². The van der Waals surface area contributed by atoms with Gasteiger partial charge < -0.3 is 15.7 Å². The molecule has 2 rings (SSSR count). The van der Waals surface area contributed by atoms with E-state index in [1.165, 1.54) is 5.56 Å². The van der Waals surface area contributed by atoms with Crippen molar-refractivity contribution < 1.29 is 9.90 Å². The van der Waals surface area contributed by atoms with Crippen LogP contribution in [0.3, 0.4) is 0 Å². The lowest BCUT2D eigenvalue weighted by molar-refractivity contribution is -0.125. The molecule has 0 aromatic heterocycles. The molecule has 4 nitrogen and oxygen atoms in total. The number of carbonyl (C=O) groups excluding carboxylic acids is 1. The number of hydrogen-bond acceptors (Lipinski definition) is 3. The van der Waals surface area contributed by atoms with E-state index in [0.29, 0.717) is 6.54 Å². The first-order valence-electron chi connectivity index (χ1n) is 6.96. The zero-order chi connectivity index (χ0) is 13.5. The summed E-state index contributed by atoms with van der Waals surface area (Å²) in [6, 6.07) is 7.85. The van der Waals surface area contributed by atoms with Crippen LogP contribution in [-0.4, -0.2) is 30.6 Å². The number of aliphatic hydroxyl groups excluding tert-OH is 1. The van der Waals surface area contributed by atoms with Gasteiger partial charge >= 0.3 is 0 Å². The number of nitrogens with one attached hydrogen (secondary N) is 2.